The first-order valence-electron chi connectivity index (χ1n) is 7.50. The first-order chi connectivity index (χ1) is 9.19. The van der Waals surface area contributed by atoms with Crippen molar-refractivity contribution in [2.24, 2.45) is 5.92 Å². The number of nitrogens with zero attached hydrogens (tertiary/aromatic N) is 3. The molecule has 1 aliphatic heterocycles. The zero-order valence-electron chi connectivity index (χ0n) is 12.4. The molecule has 1 saturated heterocycles. The predicted octanol–water partition coefficient (Wildman–Crippen LogP) is 2.60. The average molecular weight is 262 g/mol. The van der Waals surface area contributed by atoms with Gasteiger partial charge in [0.15, 0.2) is 5.82 Å². The monoisotopic (exact) mass is 262 g/mol. The van der Waals surface area contributed by atoms with Crippen LogP contribution in [0, 0.1) is 5.92 Å². The van der Waals surface area contributed by atoms with Gasteiger partial charge in [-0.3, -0.25) is 0 Å². The van der Waals surface area contributed by atoms with Crippen LogP contribution in [0.3, 0.4) is 0 Å². The number of nitrogens with one attached hydrogen (secondary N) is 1. The van der Waals surface area contributed by atoms with Crippen LogP contribution in [0.1, 0.15) is 45.7 Å². The third kappa shape index (κ3) is 4.16. The van der Waals surface area contributed by atoms with Crippen LogP contribution in [0.15, 0.2) is 12.1 Å². The lowest BCUT2D eigenvalue weighted by Crippen LogP contribution is -2.35. The molecule has 2 heterocycles. The summed E-state index contributed by atoms with van der Waals surface area (Å²) in [4.78, 5) is 2.38. The van der Waals surface area contributed by atoms with Crippen molar-refractivity contribution in [3.05, 3.63) is 17.8 Å². The molecule has 1 aliphatic rings. The Labute approximate surface area is 116 Å². The van der Waals surface area contributed by atoms with Crippen molar-refractivity contribution in [2.75, 3.05) is 18.0 Å². The van der Waals surface area contributed by atoms with Crippen molar-refractivity contribution >= 4 is 5.82 Å². The molecular weight excluding hydrogens is 236 g/mol. The van der Waals surface area contributed by atoms with Crippen LogP contribution in [0.5, 0.6) is 0 Å². The second-order valence-corrected chi connectivity index (χ2v) is 5.78. The summed E-state index contributed by atoms with van der Waals surface area (Å²) >= 11 is 0. The summed E-state index contributed by atoms with van der Waals surface area (Å²) in [6.45, 7) is 9.60. The van der Waals surface area contributed by atoms with E-state index in [-0.39, 0.29) is 0 Å². The van der Waals surface area contributed by atoms with E-state index in [1.54, 1.807) is 0 Å². The van der Waals surface area contributed by atoms with E-state index in [4.69, 9.17) is 0 Å². The minimum Gasteiger partial charge on any atom is -0.355 e. The van der Waals surface area contributed by atoms with Gasteiger partial charge in [0.2, 0.25) is 0 Å². The van der Waals surface area contributed by atoms with Crippen molar-refractivity contribution in [1.82, 2.24) is 15.5 Å². The van der Waals surface area contributed by atoms with E-state index in [9.17, 15) is 0 Å². The lowest BCUT2D eigenvalue weighted by molar-refractivity contribution is 0.402. The van der Waals surface area contributed by atoms with Gasteiger partial charge in [-0.1, -0.05) is 27.2 Å². The standard InChI is InChI=1S/C15H26N4/c1-4-13-6-5-9-19(11-13)15-8-7-14(17-18-15)10-16-12(2)3/h7-8,12-13,16H,4-6,9-11H2,1-3H3. The number of aromatic nitrogens is 2. The number of hydrogen-bond donors (Lipinski definition) is 1. The van der Waals surface area contributed by atoms with Gasteiger partial charge < -0.3 is 10.2 Å². The highest BCUT2D eigenvalue weighted by atomic mass is 15.3. The van der Waals surface area contributed by atoms with Crippen LogP contribution in [0.4, 0.5) is 5.82 Å². The largest absolute Gasteiger partial charge is 0.355 e. The topological polar surface area (TPSA) is 41.0 Å². The Morgan fingerprint density at radius 1 is 1.37 bits per heavy atom. The quantitative estimate of drug-likeness (QED) is 0.885. The van der Waals surface area contributed by atoms with E-state index >= 15 is 0 Å². The maximum absolute atomic E-state index is 4.38. The molecule has 1 N–H and O–H groups in total. The Kier molecular flexibility index (Phi) is 5.14. The Morgan fingerprint density at radius 3 is 2.84 bits per heavy atom. The second kappa shape index (κ2) is 6.85. The van der Waals surface area contributed by atoms with Crippen LogP contribution in [0.2, 0.25) is 0 Å². The van der Waals surface area contributed by atoms with Gasteiger partial charge >= 0.3 is 0 Å². The number of piperidine rings is 1. The highest BCUT2D eigenvalue weighted by molar-refractivity contribution is 5.37. The van der Waals surface area contributed by atoms with Crippen molar-refractivity contribution in [2.45, 2.75) is 52.6 Å². The lowest BCUT2D eigenvalue weighted by atomic mass is 9.96. The zero-order chi connectivity index (χ0) is 13.7. The van der Waals surface area contributed by atoms with Crippen LogP contribution < -0.4 is 10.2 Å². The summed E-state index contributed by atoms with van der Waals surface area (Å²) in [5, 5.41) is 12.1. The van der Waals surface area contributed by atoms with Gasteiger partial charge in [-0.05, 0) is 30.9 Å². The van der Waals surface area contributed by atoms with Crippen molar-refractivity contribution in [3.63, 3.8) is 0 Å². The Morgan fingerprint density at radius 2 is 2.21 bits per heavy atom. The molecule has 1 aromatic heterocycles. The summed E-state index contributed by atoms with van der Waals surface area (Å²) in [6, 6.07) is 4.68. The summed E-state index contributed by atoms with van der Waals surface area (Å²) in [5.41, 5.74) is 1.02. The maximum atomic E-state index is 4.38. The molecule has 1 fully saturated rings. The predicted molar refractivity (Wildman–Crippen MR) is 79.2 cm³/mol. The molecule has 0 amide bonds. The molecule has 19 heavy (non-hydrogen) atoms. The third-order valence-electron chi connectivity index (χ3n) is 3.82. The molecular formula is C15H26N4. The fraction of sp³-hybridized carbons (Fsp3) is 0.733. The van der Waals surface area contributed by atoms with E-state index in [2.05, 4.69) is 53.3 Å². The van der Waals surface area contributed by atoms with Crippen LogP contribution in [-0.4, -0.2) is 29.3 Å². The van der Waals surface area contributed by atoms with Crippen LogP contribution in [0.25, 0.3) is 0 Å². The highest BCUT2D eigenvalue weighted by Crippen LogP contribution is 2.22. The van der Waals surface area contributed by atoms with Crippen molar-refractivity contribution in [1.29, 1.82) is 0 Å². The molecule has 0 aromatic carbocycles. The highest BCUT2D eigenvalue weighted by Gasteiger charge is 2.19. The van der Waals surface area contributed by atoms with Gasteiger partial charge in [0.25, 0.3) is 0 Å². The first kappa shape index (κ1) is 14.3. The molecule has 0 spiro atoms. The van der Waals surface area contributed by atoms with Gasteiger partial charge in [-0.2, -0.15) is 5.10 Å². The van der Waals surface area contributed by atoms with Gasteiger partial charge in [-0.15, -0.1) is 5.10 Å². The normalized spacial score (nSPS) is 20.0. The van der Waals surface area contributed by atoms with Gasteiger partial charge in [-0.25, -0.2) is 0 Å². The fourth-order valence-electron chi connectivity index (χ4n) is 2.53. The Balaban J connectivity index is 1.93. The molecule has 4 heteroatoms. The molecule has 2 rings (SSSR count). The third-order valence-corrected chi connectivity index (χ3v) is 3.82. The lowest BCUT2D eigenvalue weighted by Gasteiger charge is -2.32. The zero-order valence-corrected chi connectivity index (χ0v) is 12.4. The van der Waals surface area contributed by atoms with Gasteiger partial charge in [0.1, 0.15) is 0 Å². The van der Waals surface area contributed by atoms with E-state index in [0.29, 0.717) is 6.04 Å². The van der Waals surface area contributed by atoms with Gasteiger partial charge in [0, 0.05) is 25.7 Å². The van der Waals surface area contributed by atoms with E-state index in [1.165, 1.54) is 19.3 Å². The molecule has 106 valence electrons. The Hall–Kier alpha value is -1.16. The first-order valence-corrected chi connectivity index (χ1v) is 7.50. The van der Waals surface area contributed by atoms with Crippen molar-refractivity contribution in [3.8, 4) is 0 Å². The molecule has 1 aromatic rings. The van der Waals surface area contributed by atoms with E-state index < -0.39 is 0 Å². The molecule has 0 saturated carbocycles. The molecule has 1 unspecified atom stereocenters. The molecule has 0 bridgehead atoms. The molecule has 0 radical (unpaired) electrons. The van der Waals surface area contributed by atoms with Gasteiger partial charge in [0.05, 0.1) is 5.69 Å². The smallest absolute Gasteiger partial charge is 0.151 e. The number of rotatable bonds is 5. The Bertz CT molecular complexity index is 374. The summed E-state index contributed by atoms with van der Waals surface area (Å²) in [6.07, 6.45) is 3.90. The van der Waals surface area contributed by atoms with Crippen LogP contribution >= 0.6 is 0 Å². The molecule has 1 atom stereocenters. The van der Waals surface area contributed by atoms with E-state index in [0.717, 1.165) is 37.1 Å². The van der Waals surface area contributed by atoms with E-state index in [1.807, 2.05) is 0 Å². The fourth-order valence-corrected chi connectivity index (χ4v) is 2.53. The summed E-state index contributed by atoms with van der Waals surface area (Å²) in [7, 11) is 0. The summed E-state index contributed by atoms with van der Waals surface area (Å²) < 4.78 is 0. The van der Waals surface area contributed by atoms with Crippen LogP contribution in [-0.2, 0) is 6.54 Å². The average Bonchev–Trinajstić information content (AvgIpc) is 2.45. The SMILES string of the molecule is CCC1CCCN(c2ccc(CNC(C)C)nn2)C1. The molecule has 4 nitrogen and oxygen atoms in total. The summed E-state index contributed by atoms with van der Waals surface area (Å²) in [5.74, 6) is 1.85. The minimum absolute atomic E-state index is 0.480. The molecule has 0 aliphatic carbocycles. The second-order valence-electron chi connectivity index (χ2n) is 5.78. The maximum Gasteiger partial charge on any atom is 0.151 e. The number of hydrogen-bond acceptors (Lipinski definition) is 4. The minimum atomic E-state index is 0.480. The number of anilines is 1. The van der Waals surface area contributed by atoms with Crippen molar-refractivity contribution < 1.29 is 0 Å².